The number of alkyl halides is 1. The van der Waals surface area contributed by atoms with Crippen molar-refractivity contribution < 1.29 is 23.7 Å². The van der Waals surface area contributed by atoms with Crippen LogP contribution in [0.25, 0.3) is 0 Å². The van der Waals surface area contributed by atoms with Gasteiger partial charge < -0.3 is 23.7 Å². The van der Waals surface area contributed by atoms with Gasteiger partial charge in [0.1, 0.15) is 18.3 Å². The van der Waals surface area contributed by atoms with E-state index < -0.39 is 12.1 Å². The topological polar surface area (TPSA) is 46.2 Å². The number of methoxy groups -OCH3 is 1. The largest absolute Gasteiger partial charge is 0.378 e. The van der Waals surface area contributed by atoms with Gasteiger partial charge in [-0.25, -0.2) is 0 Å². The monoisotopic (exact) mass is 434 g/mol. The maximum atomic E-state index is 6.18. The van der Waals surface area contributed by atoms with Gasteiger partial charge in [-0.05, 0) is 19.4 Å². The van der Waals surface area contributed by atoms with Gasteiger partial charge in [-0.2, -0.15) is 0 Å². The van der Waals surface area contributed by atoms with Crippen LogP contribution in [0.4, 0.5) is 0 Å². The molecule has 2 heterocycles. The van der Waals surface area contributed by atoms with Crippen molar-refractivity contribution in [1.29, 1.82) is 0 Å². The minimum atomic E-state index is -0.651. The molecule has 0 spiro atoms. The van der Waals surface area contributed by atoms with E-state index in [0.29, 0.717) is 6.61 Å². The van der Waals surface area contributed by atoms with Crippen LogP contribution >= 0.6 is 22.6 Å². The summed E-state index contributed by atoms with van der Waals surface area (Å²) in [5.74, 6) is -0.651. The van der Waals surface area contributed by atoms with Crippen LogP contribution in [0.5, 0.6) is 0 Å². The second kappa shape index (κ2) is 7.33. The van der Waals surface area contributed by atoms with E-state index in [1.807, 2.05) is 44.2 Å². The Kier molecular flexibility index (Phi) is 5.60. The summed E-state index contributed by atoms with van der Waals surface area (Å²) < 4.78 is 30.5. The maximum Gasteiger partial charge on any atom is 0.190 e. The molecule has 0 aromatic heterocycles. The summed E-state index contributed by atoms with van der Waals surface area (Å²) in [6, 6.07) is 10.1. The molecule has 0 aliphatic carbocycles. The van der Waals surface area contributed by atoms with Crippen molar-refractivity contribution in [2.75, 3.05) is 11.5 Å². The van der Waals surface area contributed by atoms with Crippen molar-refractivity contribution in [2.24, 2.45) is 0 Å². The molecule has 1 aromatic carbocycles. The van der Waals surface area contributed by atoms with E-state index in [2.05, 4.69) is 22.6 Å². The fraction of sp³-hybridized carbons (Fsp3) is 0.647. The van der Waals surface area contributed by atoms with Gasteiger partial charge in [0.05, 0.1) is 12.7 Å². The number of fused-ring (bicyclic) bond motifs is 1. The van der Waals surface area contributed by atoms with Crippen molar-refractivity contribution in [3.8, 4) is 0 Å². The zero-order chi connectivity index (χ0) is 16.4. The van der Waals surface area contributed by atoms with Gasteiger partial charge in [-0.3, -0.25) is 0 Å². The van der Waals surface area contributed by atoms with Crippen molar-refractivity contribution in [2.45, 2.75) is 56.9 Å². The minimum Gasteiger partial charge on any atom is -0.378 e. The summed E-state index contributed by atoms with van der Waals surface area (Å²) in [6.07, 6.45) is -1.12. The molecule has 2 saturated heterocycles. The van der Waals surface area contributed by atoms with Crippen LogP contribution in [0.2, 0.25) is 0 Å². The summed E-state index contributed by atoms with van der Waals surface area (Å²) in [6.45, 7) is 4.30. The van der Waals surface area contributed by atoms with Crippen LogP contribution < -0.4 is 0 Å². The molecule has 0 N–H and O–H groups in total. The van der Waals surface area contributed by atoms with Crippen LogP contribution in [0.15, 0.2) is 30.3 Å². The standard InChI is InChI=1S/C17H23IO5/c1-17(2)22-15-14(20-10-11-7-5-4-6-8-11)13(12(9-18)19-3)21-16(15)23-17/h4-8,12-16H,9-10H2,1-3H3/t12-,13-,14+,15-,16-/m1/s1. The third-order valence-corrected chi connectivity index (χ3v) is 5.00. The summed E-state index contributed by atoms with van der Waals surface area (Å²) in [5, 5.41) is 0. The molecule has 2 fully saturated rings. The van der Waals surface area contributed by atoms with Crippen molar-refractivity contribution in [3.05, 3.63) is 35.9 Å². The second-order valence-corrected chi connectivity index (χ2v) is 7.14. The SMILES string of the molecule is CO[C@H](CI)[C@H]1O[C@@H]2OC(C)(C)O[C@@H]2[C@H]1OCc1ccccc1. The zero-order valence-corrected chi connectivity index (χ0v) is 15.8. The first-order valence-electron chi connectivity index (χ1n) is 7.79. The van der Waals surface area contributed by atoms with Crippen molar-refractivity contribution in [3.63, 3.8) is 0 Å². The van der Waals surface area contributed by atoms with E-state index in [4.69, 9.17) is 23.7 Å². The third-order valence-electron chi connectivity index (χ3n) is 4.13. The predicted octanol–water partition coefficient (Wildman–Crippen LogP) is 2.90. The highest BCUT2D eigenvalue weighted by Gasteiger charge is 2.57. The van der Waals surface area contributed by atoms with E-state index in [-0.39, 0.29) is 24.4 Å². The summed E-state index contributed by atoms with van der Waals surface area (Å²) in [5.41, 5.74) is 1.12. The lowest BCUT2D eigenvalue weighted by Crippen LogP contribution is -2.44. The van der Waals surface area contributed by atoms with Crippen LogP contribution in [0, 0.1) is 0 Å². The van der Waals surface area contributed by atoms with Crippen LogP contribution in [-0.4, -0.2) is 48.0 Å². The van der Waals surface area contributed by atoms with Crippen LogP contribution in [-0.2, 0) is 30.3 Å². The molecule has 23 heavy (non-hydrogen) atoms. The summed E-state index contributed by atoms with van der Waals surface area (Å²) in [7, 11) is 1.70. The molecule has 0 radical (unpaired) electrons. The highest BCUT2D eigenvalue weighted by atomic mass is 127. The molecule has 5 nitrogen and oxygen atoms in total. The number of benzene rings is 1. The van der Waals surface area contributed by atoms with Gasteiger partial charge in [0.2, 0.25) is 0 Å². The Balaban J connectivity index is 1.73. The fourth-order valence-electron chi connectivity index (χ4n) is 3.04. The Bertz CT molecular complexity index is 505. The smallest absolute Gasteiger partial charge is 0.190 e. The molecule has 2 aliphatic heterocycles. The lowest BCUT2D eigenvalue weighted by Gasteiger charge is -2.29. The summed E-state index contributed by atoms with van der Waals surface area (Å²) >= 11 is 2.30. The van der Waals surface area contributed by atoms with Gasteiger partial charge in [-0.15, -0.1) is 0 Å². The summed E-state index contributed by atoms with van der Waals surface area (Å²) in [4.78, 5) is 0. The van der Waals surface area contributed by atoms with Crippen LogP contribution in [0.1, 0.15) is 19.4 Å². The van der Waals surface area contributed by atoms with E-state index in [0.717, 1.165) is 9.99 Å². The number of halogens is 1. The van der Waals surface area contributed by atoms with Crippen LogP contribution in [0.3, 0.4) is 0 Å². The lowest BCUT2D eigenvalue weighted by atomic mass is 10.1. The molecule has 3 rings (SSSR count). The molecule has 5 atom stereocenters. The van der Waals surface area contributed by atoms with E-state index >= 15 is 0 Å². The molecule has 0 saturated carbocycles. The number of hydrogen-bond donors (Lipinski definition) is 0. The number of rotatable bonds is 6. The van der Waals surface area contributed by atoms with Gasteiger partial charge in [-0.1, -0.05) is 52.9 Å². The second-order valence-electron chi connectivity index (χ2n) is 6.26. The lowest BCUT2D eigenvalue weighted by molar-refractivity contribution is -0.230. The van der Waals surface area contributed by atoms with Gasteiger partial charge in [0, 0.05) is 11.5 Å². The highest BCUT2D eigenvalue weighted by Crippen LogP contribution is 2.40. The minimum absolute atomic E-state index is 0.0581. The average molecular weight is 434 g/mol. The molecule has 128 valence electrons. The first-order chi connectivity index (χ1) is 11.0. The molecule has 1 aromatic rings. The number of ether oxygens (including phenoxy) is 5. The molecule has 0 bridgehead atoms. The first kappa shape index (κ1) is 17.6. The maximum absolute atomic E-state index is 6.18. The van der Waals surface area contributed by atoms with E-state index in [1.54, 1.807) is 7.11 Å². The van der Waals surface area contributed by atoms with Gasteiger partial charge in [0.15, 0.2) is 12.1 Å². The van der Waals surface area contributed by atoms with Gasteiger partial charge in [0.25, 0.3) is 0 Å². The quantitative estimate of drug-likeness (QED) is 0.509. The Morgan fingerprint density at radius 3 is 2.61 bits per heavy atom. The Hall–Kier alpha value is -0.250. The highest BCUT2D eigenvalue weighted by molar-refractivity contribution is 14.1. The molecular weight excluding hydrogens is 411 g/mol. The number of hydrogen-bond acceptors (Lipinski definition) is 5. The Labute approximate surface area is 150 Å². The molecule has 0 amide bonds. The predicted molar refractivity (Wildman–Crippen MR) is 93.4 cm³/mol. The van der Waals surface area contributed by atoms with E-state index in [1.165, 1.54) is 0 Å². The molecule has 6 heteroatoms. The first-order valence-corrected chi connectivity index (χ1v) is 9.32. The Morgan fingerprint density at radius 2 is 1.96 bits per heavy atom. The molecule has 0 unspecified atom stereocenters. The van der Waals surface area contributed by atoms with Crippen molar-refractivity contribution >= 4 is 22.6 Å². The average Bonchev–Trinajstić information content (AvgIpc) is 3.00. The van der Waals surface area contributed by atoms with E-state index in [9.17, 15) is 0 Å². The molecular formula is C17H23IO5. The zero-order valence-electron chi connectivity index (χ0n) is 13.6. The molecule has 2 aliphatic rings. The fourth-order valence-corrected chi connectivity index (χ4v) is 3.91. The Morgan fingerprint density at radius 1 is 1.22 bits per heavy atom. The van der Waals surface area contributed by atoms with Crippen molar-refractivity contribution in [1.82, 2.24) is 0 Å². The normalized spacial score (nSPS) is 33.6. The third kappa shape index (κ3) is 3.88. The van der Waals surface area contributed by atoms with Gasteiger partial charge >= 0.3 is 0 Å².